The monoisotopic (exact) mass is 214 g/mol. The first-order valence-corrected chi connectivity index (χ1v) is 5.65. The maximum Gasteiger partial charge on any atom is 0.317 e. The third kappa shape index (κ3) is 3.70. The zero-order valence-corrected chi connectivity index (χ0v) is 10.2. The van der Waals surface area contributed by atoms with Crippen LogP contribution in [0.25, 0.3) is 0 Å². The van der Waals surface area contributed by atoms with Crippen LogP contribution in [0.1, 0.15) is 34.1 Å². The summed E-state index contributed by atoms with van der Waals surface area (Å²) in [6.07, 6.45) is 1.08. The van der Waals surface area contributed by atoms with Gasteiger partial charge in [0.15, 0.2) is 0 Å². The lowest BCUT2D eigenvalue weighted by Crippen LogP contribution is -2.56. The summed E-state index contributed by atoms with van der Waals surface area (Å²) in [5.41, 5.74) is -0.235. The number of nitrogens with one attached hydrogen (secondary N) is 1. The molecule has 88 valence electrons. The maximum absolute atomic E-state index is 11.7. The number of morpholine rings is 1. The highest BCUT2D eigenvalue weighted by Gasteiger charge is 2.33. The van der Waals surface area contributed by atoms with Gasteiger partial charge >= 0.3 is 6.03 Å². The Kier molecular flexibility index (Phi) is 3.97. The first-order chi connectivity index (χ1) is 6.94. The molecule has 0 aromatic heterocycles. The Morgan fingerprint density at radius 1 is 1.60 bits per heavy atom. The van der Waals surface area contributed by atoms with Crippen molar-refractivity contribution in [3.05, 3.63) is 0 Å². The molecule has 15 heavy (non-hydrogen) atoms. The van der Waals surface area contributed by atoms with Gasteiger partial charge < -0.3 is 15.0 Å². The molecule has 0 saturated carbocycles. The number of rotatable bonds is 2. The molecule has 0 radical (unpaired) electrons. The molecule has 1 aliphatic rings. The topological polar surface area (TPSA) is 41.6 Å². The highest BCUT2D eigenvalue weighted by molar-refractivity contribution is 5.74. The van der Waals surface area contributed by atoms with Crippen molar-refractivity contribution in [1.82, 2.24) is 10.2 Å². The van der Waals surface area contributed by atoms with Crippen molar-refractivity contribution in [3.8, 4) is 0 Å². The zero-order valence-electron chi connectivity index (χ0n) is 10.2. The van der Waals surface area contributed by atoms with Crippen LogP contribution in [0.5, 0.6) is 0 Å². The third-order valence-corrected chi connectivity index (χ3v) is 2.38. The summed E-state index contributed by atoms with van der Waals surface area (Å²) in [6, 6.07) is 0.0278. The number of nitrogens with zero attached hydrogens (tertiary/aromatic N) is 1. The summed E-state index contributed by atoms with van der Waals surface area (Å²) in [4.78, 5) is 13.6. The van der Waals surface area contributed by atoms with Gasteiger partial charge in [0, 0.05) is 13.1 Å². The van der Waals surface area contributed by atoms with Crippen molar-refractivity contribution in [3.63, 3.8) is 0 Å². The Labute approximate surface area is 92.0 Å². The van der Waals surface area contributed by atoms with Crippen LogP contribution in [-0.4, -0.2) is 42.3 Å². The smallest absolute Gasteiger partial charge is 0.317 e. The molecule has 2 amide bonds. The second kappa shape index (κ2) is 4.84. The standard InChI is InChI=1S/C11H22N2O2/c1-5-6-12-10(14)13-7-9(2)15-11(3,4)8-13/h9H,5-8H2,1-4H3,(H,12,14). The minimum absolute atomic E-state index is 0.0278. The van der Waals surface area contributed by atoms with Crippen molar-refractivity contribution in [2.24, 2.45) is 0 Å². The van der Waals surface area contributed by atoms with Gasteiger partial charge in [-0.15, -0.1) is 0 Å². The van der Waals surface area contributed by atoms with Crippen LogP contribution in [-0.2, 0) is 4.74 Å². The summed E-state index contributed by atoms with van der Waals surface area (Å²) in [7, 11) is 0. The third-order valence-electron chi connectivity index (χ3n) is 2.38. The molecule has 0 aromatic carbocycles. The average molecular weight is 214 g/mol. The van der Waals surface area contributed by atoms with Gasteiger partial charge in [-0.3, -0.25) is 0 Å². The van der Waals surface area contributed by atoms with Crippen LogP contribution in [0.3, 0.4) is 0 Å². The van der Waals surface area contributed by atoms with Crippen LogP contribution in [0, 0.1) is 0 Å². The summed E-state index contributed by atoms with van der Waals surface area (Å²) in [5, 5.41) is 2.89. The second-order valence-electron chi connectivity index (χ2n) is 4.80. The van der Waals surface area contributed by atoms with E-state index < -0.39 is 0 Å². The van der Waals surface area contributed by atoms with E-state index in [-0.39, 0.29) is 17.7 Å². The molecule has 1 rings (SSSR count). The fraction of sp³-hybridized carbons (Fsp3) is 0.909. The fourth-order valence-electron chi connectivity index (χ4n) is 1.95. The van der Waals surface area contributed by atoms with E-state index in [9.17, 15) is 4.79 Å². The molecular formula is C11H22N2O2. The summed E-state index contributed by atoms with van der Waals surface area (Å²) < 4.78 is 5.74. The van der Waals surface area contributed by atoms with Crippen molar-refractivity contribution in [2.45, 2.75) is 45.8 Å². The first kappa shape index (κ1) is 12.3. The van der Waals surface area contributed by atoms with Crippen LogP contribution in [0.2, 0.25) is 0 Å². The van der Waals surface area contributed by atoms with Crippen LogP contribution < -0.4 is 5.32 Å². The van der Waals surface area contributed by atoms with Gasteiger partial charge in [-0.1, -0.05) is 6.92 Å². The van der Waals surface area contributed by atoms with Crippen molar-refractivity contribution >= 4 is 6.03 Å². The molecule has 0 aromatic rings. The highest BCUT2D eigenvalue weighted by atomic mass is 16.5. The van der Waals surface area contributed by atoms with E-state index in [0.717, 1.165) is 13.0 Å². The summed E-state index contributed by atoms with van der Waals surface area (Å²) >= 11 is 0. The van der Waals surface area contributed by atoms with Gasteiger partial charge in [-0.2, -0.15) is 0 Å². The highest BCUT2D eigenvalue weighted by Crippen LogP contribution is 2.20. The molecule has 1 fully saturated rings. The van der Waals surface area contributed by atoms with Crippen molar-refractivity contribution < 1.29 is 9.53 Å². The molecule has 0 bridgehead atoms. The normalized spacial score (nSPS) is 25.1. The van der Waals surface area contributed by atoms with Gasteiger partial charge in [0.05, 0.1) is 18.2 Å². The van der Waals surface area contributed by atoms with Gasteiger partial charge in [-0.05, 0) is 27.2 Å². The quantitative estimate of drug-likeness (QED) is 0.758. The molecule has 1 atom stereocenters. The average Bonchev–Trinajstić information content (AvgIpc) is 2.10. The number of hydrogen-bond acceptors (Lipinski definition) is 2. The molecule has 1 aliphatic heterocycles. The molecule has 0 spiro atoms. The molecule has 1 heterocycles. The zero-order chi connectivity index (χ0) is 11.5. The van der Waals surface area contributed by atoms with Crippen molar-refractivity contribution in [2.75, 3.05) is 19.6 Å². The number of carbonyl (C=O) groups excluding carboxylic acids is 1. The van der Waals surface area contributed by atoms with Gasteiger partial charge in [0.2, 0.25) is 0 Å². The lowest BCUT2D eigenvalue weighted by molar-refractivity contribution is -0.117. The predicted molar refractivity (Wildman–Crippen MR) is 59.9 cm³/mol. The Morgan fingerprint density at radius 3 is 2.80 bits per heavy atom. The van der Waals surface area contributed by atoms with E-state index in [2.05, 4.69) is 5.32 Å². The second-order valence-corrected chi connectivity index (χ2v) is 4.80. The summed E-state index contributed by atoms with van der Waals surface area (Å²) in [6.45, 7) is 10.2. The van der Waals surface area contributed by atoms with Crippen molar-refractivity contribution in [1.29, 1.82) is 0 Å². The van der Waals surface area contributed by atoms with E-state index in [4.69, 9.17) is 4.74 Å². The Hall–Kier alpha value is -0.770. The van der Waals surface area contributed by atoms with E-state index in [1.807, 2.05) is 32.6 Å². The minimum atomic E-state index is -0.235. The van der Waals surface area contributed by atoms with E-state index in [0.29, 0.717) is 13.1 Å². The number of amides is 2. The van der Waals surface area contributed by atoms with Gasteiger partial charge in [0.25, 0.3) is 0 Å². The van der Waals surface area contributed by atoms with Gasteiger partial charge in [-0.25, -0.2) is 4.79 Å². The maximum atomic E-state index is 11.7. The van der Waals surface area contributed by atoms with E-state index in [1.54, 1.807) is 0 Å². The number of hydrogen-bond donors (Lipinski definition) is 1. The van der Waals surface area contributed by atoms with E-state index >= 15 is 0 Å². The minimum Gasteiger partial charge on any atom is -0.369 e. The SMILES string of the molecule is CCCNC(=O)N1CC(C)OC(C)(C)C1. The largest absolute Gasteiger partial charge is 0.369 e. The molecule has 4 heteroatoms. The lowest BCUT2D eigenvalue weighted by Gasteiger charge is -2.41. The molecule has 1 N–H and O–H groups in total. The van der Waals surface area contributed by atoms with E-state index in [1.165, 1.54) is 0 Å². The molecular weight excluding hydrogens is 192 g/mol. The van der Waals surface area contributed by atoms with Gasteiger partial charge in [0.1, 0.15) is 0 Å². The Bertz CT molecular complexity index is 229. The summed E-state index contributed by atoms with van der Waals surface area (Å²) in [5.74, 6) is 0. The molecule has 1 saturated heterocycles. The molecule has 0 aliphatic carbocycles. The fourth-order valence-corrected chi connectivity index (χ4v) is 1.95. The van der Waals surface area contributed by atoms with Crippen LogP contribution in [0.15, 0.2) is 0 Å². The first-order valence-electron chi connectivity index (χ1n) is 5.65. The lowest BCUT2D eigenvalue weighted by atomic mass is 10.1. The number of urea groups is 1. The number of carbonyl (C=O) groups is 1. The number of ether oxygens (including phenoxy) is 1. The molecule has 4 nitrogen and oxygen atoms in total. The Balaban J connectivity index is 2.50. The van der Waals surface area contributed by atoms with Crippen LogP contribution >= 0.6 is 0 Å². The molecule has 1 unspecified atom stereocenters. The predicted octanol–water partition coefficient (Wildman–Crippen LogP) is 1.61. The Morgan fingerprint density at radius 2 is 2.27 bits per heavy atom. The van der Waals surface area contributed by atoms with Crippen LogP contribution in [0.4, 0.5) is 4.79 Å².